The van der Waals surface area contributed by atoms with E-state index in [4.69, 9.17) is 0 Å². The highest BCUT2D eigenvalue weighted by atomic mass is 32.2. The van der Waals surface area contributed by atoms with Crippen molar-refractivity contribution in [2.75, 3.05) is 18.1 Å². The van der Waals surface area contributed by atoms with E-state index in [0.29, 0.717) is 23.3 Å². The van der Waals surface area contributed by atoms with Crippen LogP contribution in [0, 0.1) is 0 Å². The Bertz CT molecular complexity index is 736. The number of nitrogens with one attached hydrogen (secondary N) is 1. The first-order chi connectivity index (χ1) is 9.17. The van der Waals surface area contributed by atoms with Gasteiger partial charge in [0.1, 0.15) is 12.1 Å². The molecule has 1 heterocycles. The Morgan fingerprint density at radius 2 is 2.00 bits per heavy atom. The summed E-state index contributed by atoms with van der Waals surface area (Å²) in [5.74, 6) is 0.502. The van der Waals surface area contributed by atoms with Crippen molar-refractivity contribution in [1.82, 2.24) is 9.97 Å². The number of fused-ring (bicyclic) bond motifs is 1. The predicted molar refractivity (Wildman–Crippen MR) is 77.4 cm³/mol. The second kappa shape index (κ2) is 4.99. The van der Waals surface area contributed by atoms with E-state index in [1.165, 1.54) is 18.5 Å². The van der Waals surface area contributed by atoms with Crippen LogP contribution in [0.4, 0.5) is 5.82 Å². The zero-order valence-electron chi connectivity index (χ0n) is 11.6. The van der Waals surface area contributed by atoms with Gasteiger partial charge in [-0.05, 0) is 32.0 Å². The molecule has 0 spiro atoms. The number of aromatic nitrogens is 2. The first-order valence-electron chi connectivity index (χ1n) is 6.08. The van der Waals surface area contributed by atoms with Gasteiger partial charge in [0, 0.05) is 18.2 Å². The van der Waals surface area contributed by atoms with Crippen molar-refractivity contribution in [3.05, 3.63) is 24.5 Å². The Hall–Kier alpha value is -1.73. The number of anilines is 1. The van der Waals surface area contributed by atoms with Crippen LogP contribution < -0.4 is 5.32 Å². The molecule has 2 rings (SSSR count). The number of benzene rings is 1. The molecule has 0 radical (unpaired) electrons. The molecule has 0 fully saturated rings. The molecular weight excluding hydrogens is 278 g/mol. The predicted octanol–water partition coefficient (Wildman–Crippen LogP) is 1.22. The van der Waals surface area contributed by atoms with Gasteiger partial charge < -0.3 is 10.4 Å². The Morgan fingerprint density at radius 3 is 2.60 bits per heavy atom. The van der Waals surface area contributed by atoms with Gasteiger partial charge in [0.05, 0.1) is 16.0 Å². The standard InChI is InChI=1S/C13H17N3O3S/c1-13(2,17)7-14-12-10-6-9(20(3,18)19)4-5-11(10)15-8-16-12/h4-6,8,17H,7H2,1-3H3,(H,14,15,16). The lowest BCUT2D eigenvalue weighted by molar-refractivity contribution is 0.0944. The van der Waals surface area contributed by atoms with Gasteiger partial charge in [0.25, 0.3) is 0 Å². The van der Waals surface area contributed by atoms with Crippen LogP contribution in [-0.4, -0.2) is 41.9 Å². The zero-order valence-corrected chi connectivity index (χ0v) is 12.4. The van der Waals surface area contributed by atoms with E-state index in [9.17, 15) is 13.5 Å². The molecule has 108 valence electrons. The number of hydrogen-bond donors (Lipinski definition) is 2. The van der Waals surface area contributed by atoms with Crippen LogP contribution in [0.5, 0.6) is 0 Å². The lowest BCUT2D eigenvalue weighted by Gasteiger charge is -2.18. The van der Waals surface area contributed by atoms with Crippen LogP contribution in [0.2, 0.25) is 0 Å². The highest BCUT2D eigenvalue weighted by Gasteiger charge is 2.15. The molecule has 2 N–H and O–H groups in total. The Balaban J connectivity index is 2.49. The van der Waals surface area contributed by atoms with Gasteiger partial charge in [-0.25, -0.2) is 18.4 Å². The Kier molecular flexibility index (Phi) is 3.66. The van der Waals surface area contributed by atoms with Gasteiger partial charge in [-0.2, -0.15) is 0 Å². The second-order valence-electron chi connectivity index (χ2n) is 5.34. The third-order valence-corrected chi connectivity index (χ3v) is 3.83. The Labute approximate surface area is 117 Å². The first-order valence-corrected chi connectivity index (χ1v) is 7.97. The van der Waals surface area contributed by atoms with Crippen molar-refractivity contribution in [2.24, 2.45) is 0 Å². The van der Waals surface area contributed by atoms with Crippen molar-refractivity contribution in [3.8, 4) is 0 Å². The van der Waals surface area contributed by atoms with Gasteiger partial charge >= 0.3 is 0 Å². The highest BCUT2D eigenvalue weighted by Crippen LogP contribution is 2.23. The molecule has 20 heavy (non-hydrogen) atoms. The van der Waals surface area contributed by atoms with Crippen LogP contribution in [-0.2, 0) is 9.84 Å². The van der Waals surface area contributed by atoms with E-state index in [1.54, 1.807) is 19.9 Å². The fourth-order valence-corrected chi connectivity index (χ4v) is 2.35. The van der Waals surface area contributed by atoms with Gasteiger partial charge in [-0.15, -0.1) is 0 Å². The molecule has 0 aliphatic rings. The zero-order chi connectivity index (χ0) is 15.0. The van der Waals surface area contributed by atoms with Crippen molar-refractivity contribution in [3.63, 3.8) is 0 Å². The molecular formula is C13H17N3O3S. The smallest absolute Gasteiger partial charge is 0.175 e. The summed E-state index contributed by atoms with van der Waals surface area (Å²) in [5, 5.41) is 13.4. The van der Waals surface area contributed by atoms with E-state index in [-0.39, 0.29) is 4.90 Å². The van der Waals surface area contributed by atoms with Gasteiger partial charge in [0.15, 0.2) is 9.84 Å². The van der Waals surface area contributed by atoms with Crippen LogP contribution >= 0.6 is 0 Å². The van der Waals surface area contributed by atoms with Gasteiger partial charge in [-0.1, -0.05) is 0 Å². The maximum absolute atomic E-state index is 11.6. The number of nitrogens with zero attached hydrogens (tertiary/aromatic N) is 2. The number of rotatable bonds is 4. The van der Waals surface area contributed by atoms with Crippen LogP contribution in [0.1, 0.15) is 13.8 Å². The third-order valence-electron chi connectivity index (χ3n) is 2.72. The number of aliphatic hydroxyl groups is 1. The number of hydrogen-bond acceptors (Lipinski definition) is 6. The second-order valence-corrected chi connectivity index (χ2v) is 7.36. The highest BCUT2D eigenvalue weighted by molar-refractivity contribution is 7.90. The maximum Gasteiger partial charge on any atom is 0.175 e. The van der Waals surface area contributed by atoms with E-state index in [1.807, 2.05) is 0 Å². The summed E-state index contributed by atoms with van der Waals surface area (Å²) in [6.07, 6.45) is 2.55. The van der Waals surface area contributed by atoms with E-state index in [0.717, 1.165) is 6.26 Å². The minimum absolute atomic E-state index is 0.214. The quantitative estimate of drug-likeness (QED) is 0.881. The summed E-state index contributed by atoms with van der Waals surface area (Å²) in [6, 6.07) is 4.70. The molecule has 6 nitrogen and oxygen atoms in total. The molecule has 0 bridgehead atoms. The molecule has 0 saturated carbocycles. The molecule has 0 aliphatic heterocycles. The molecule has 1 aromatic carbocycles. The van der Waals surface area contributed by atoms with Gasteiger partial charge in [0.2, 0.25) is 0 Å². The van der Waals surface area contributed by atoms with Crippen LogP contribution in [0.15, 0.2) is 29.4 Å². The minimum Gasteiger partial charge on any atom is -0.389 e. The monoisotopic (exact) mass is 295 g/mol. The third kappa shape index (κ3) is 3.43. The van der Waals surface area contributed by atoms with E-state index >= 15 is 0 Å². The van der Waals surface area contributed by atoms with E-state index < -0.39 is 15.4 Å². The average Bonchev–Trinajstić information content (AvgIpc) is 2.33. The SMILES string of the molecule is CC(C)(O)CNc1ncnc2ccc(S(C)(=O)=O)cc12. The normalized spacial score (nSPS) is 12.6. The van der Waals surface area contributed by atoms with Crippen LogP contribution in [0.25, 0.3) is 10.9 Å². The molecule has 7 heteroatoms. The van der Waals surface area contributed by atoms with E-state index in [2.05, 4.69) is 15.3 Å². The van der Waals surface area contributed by atoms with Crippen molar-refractivity contribution in [2.45, 2.75) is 24.3 Å². The number of sulfone groups is 1. The van der Waals surface area contributed by atoms with Crippen LogP contribution in [0.3, 0.4) is 0 Å². The van der Waals surface area contributed by atoms with Crippen molar-refractivity contribution in [1.29, 1.82) is 0 Å². The maximum atomic E-state index is 11.6. The summed E-state index contributed by atoms with van der Waals surface area (Å²) < 4.78 is 23.2. The Morgan fingerprint density at radius 1 is 1.30 bits per heavy atom. The minimum atomic E-state index is -3.29. The lowest BCUT2D eigenvalue weighted by Crippen LogP contribution is -2.29. The molecule has 2 aromatic rings. The topological polar surface area (TPSA) is 92.2 Å². The molecule has 0 saturated heterocycles. The summed E-state index contributed by atoms with van der Waals surface area (Å²) in [5.41, 5.74) is -0.253. The summed E-state index contributed by atoms with van der Waals surface area (Å²) in [4.78, 5) is 8.42. The largest absolute Gasteiger partial charge is 0.389 e. The summed E-state index contributed by atoms with van der Waals surface area (Å²) >= 11 is 0. The van der Waals surface area contributed by atoms with Crippen molar-refractivity contribution < 1.29 is 13.5 Å². The molecule has 1 aromatic heterocycles. The fourth-order valence-electron chi connectivity index (χ4n) is 1.71. The summed E-state index contributed by atoms with van der Waals surface area (Å²) in [7, 11) is -3.29. The van der Waals surface area contributed by atoms with Crippen molar-refractivity contribution >= 4 is 26.6 Å². The molecule has 0 aliphatic carbocycles. The average molecular weight is 295 g/mol. The molecule has 0 unspecified atom stereocenters. The van der Waals surface area contributed by atoms with Gasteiger partial charge in [-0.3, -0.25) is 0 Å². The lowest BCUT2D eigenvalue weighted by atomic mass is 10.1. The molecule has 0 atom stereocenters. The fraction of sp³-hybridized carbons (Fsp3) is 0.385. The first kappa shape index (κ1) is 14.7. The summed E-state index contributed by atoms with van der Waals surface area (Å²) in [6.45, 7) is 3.64. The molecule has 0 amide bonds.